The van der Waals surface area contributed by atoms with E-state index < -0.39 is 0 Å². The number of piperazine rings is 1. The quantitative estimate of drug-likeness (QED) is 0.734. The molecule has 0 atom stereocenters. The Morgan fingerprint density at radius 2 is 1.70 bits per heavy atom. The second-order valence-electron chi connectivity index (χ2n) is 9.15. The van der Waals surface area contributed by atoms with Crippen LogP contribution >= 0.6 is 11.3 Å². The molecule has 2 aliphatic heterocycles. The third kappa shape index (κ3) is 3.60. The molecule has 0 aromatic carbocycles. The van der Waals surface area contributed by atoms with E-state index in [4.69, 9.17) is 4.98 Å². The molecule has 1 aliphatic carbocycles. The first-order valence-corrected chi connectivity index (χ1v) is 12.5. The van der Waals surface area contributed by atoms with Gasteiger partial charge in [-0.15, -0.1) is 11.3 Å². The number of thiophene rings is 1. The van der Waals surface area contributed by atoms with Gasteiger partial charge in [0, 0.05) is 45.2 Å². The zero-order valence-electron chi connectivity index (χ0n) is 18.0. The first kappa shape index (κ1) is 20.2. The van der Waals surface area contributed by atoms with E-state index in [-0.39, 0.29) is 11.5 Å². The van der Waals surface area contributed by atoms with Crippen LogP contribution in [0.15, 0.2) is 4.79 Å². The minimum Gasteiger partial charge on any atom is -0.335 e. The van der Waals surface area contributed by atoms with Gasteiger partial charge in [-0.05, 0) is 38.2 Å². The van der Waals surface area contributed by atoms with E-state index >= 15 is 0 Å². The fraction of sp³-hybridized carbons (Fsp3) is 0.696. The summed E-state index contributed by atoms with van der Waals surface area (Å²) in [4.78, 5) is 37.4. The smallest absolute Gasteiger partial charge is 0.264 e. The van der Waals surface area contributed by atoms with Gasteiger partial charge in [0.1, 0.15) is 10.7 Å². The van der Waals surface area contributed by atoms with Crippen molar-refractivity contribution in [3.8, 4) is 0 Å². The van der Waals surface area contributed by atoms with Gasteiger partial charge in [-0.3, -0.25) is 19.1 Å². The second-order valence-corrected chi connectivity index (χ2v) is 10.2. The van der Waals surface area contributed by atoms with Crippen LogP contribution in [0.2, 0.25) is 0 Å². The molecule has 0 N–H and O–H groups in total. The van der Waals surface area contributed by atoms with Gasteiger partial charge in [0.15, 0.2) is 0 Å². The lowest BCUT2D eigenvalue weighted by molar-refractivity contribution is 0.0527. The molecule has 162 valence electrons. The number of nitrogens with zero attached hydrogens (tertiary/aromatic N) is 4. The maximum Gasteiger partial charge on any atom is 0.264 e. The average molecular weight is 429 g/mol. The topological polar surface area (TPSA) is 58.4 Å². The predicted octanol–water partition coefficient (Wildman–Crippen LogP) is 3.58. The normalized spacial score (nSPS) is 21.6. The van der Waals surface area contributed by atoms with Crippen LogP contribution in [0.25, 0.3) is 10.2 Å². The zero-order valence-corrected chi connectivity index (χ0v) is 18.8. The SMILES string of the molecule is Cc1c(C(=O)N2CCN(C3CCCCC3)CC2)sc2nc3n(c(=O)c12)CCCCC3. The Hall–Kier alpha value is -1.73. The number of rotatable bonds is 2. The van der Waals surface area contributed by atoms with E-state index in [0.29, 0.717) is 16.3 Å². The maximum absolute atomic E-state index is 13.3. The van der Waals surface area contributed by atoms with Gasteiger partial charge in [0.25, 0.3) is 11.5 Å². The maximum atomic E-state index is 13.3. The Morgan fingerprint density at radius 1 is 0.967 bits per heavy atom. The van der Waals surface area contributed by atoms with Crippen LogP contribution in [-0.2, 0) is 13.0 Å². The third-order valence-corrected chi connectivity index (χ3v) is 8.47. The summed E-state index contributed by atoms with van der Waals surface area (Å²) in [6.45, 7) is 6.18. The van der Waals surface area contributed by atoms with Crippen LogP contribution in [0.5, 0.6) is 0 Å². The summed E-state index contributed by atoms with van der Waals surface area (Å²) < 4.78 is 1.85. The molecule has 0 spiro atoms. The molecule has 4 heterocycles. The van der Waals surface area contributed by atoms with Gasteiger partial charge >= 0.3 is 0 Å². The molecule has 0 unspecified atom stereocenters. The van der Waals surface area contributed by atoms with Crippen molar-refractivity contribution in [1.82, 2.24) is 19.4 Å². The Kier molecular flexibility index (Phi) is 5.67. The minimum atomic E-state index is 0.0480. The number of amides is 1. The molecule has 0 bridgehead atoms. The van der Waals surface area contributed by atoms with Gasteiger partial charge in [0.05, 0.1) is 10.3 Å². The van der Waals surface area contributed by atoms with Gasteiger partial charge in [-0.25, -0.2) is 4.98 Å². The second kappa shape index (κ2) is 8.42. The van der Waals surface area contributed by atoms with Crippen LogP contribution in [0.4, 0.5) is 0 Å². The number of fused-ring (bicyclic) bond motifs is 2. The van der Waals surface area contributed by atoms with Gasteiger partial charge in [-0.1, -0.05) is 25.7 Å². The summed E-state index contributed by atoms with van der Waals surface area (Å²) in [7, 11) is 0. The third-order valence-electron chi connectivity index (χ3n) is 7.30. The van der Waals surface area contributed by atoms with Crippen LogP contribution in [0.1, 0.15) is 72.4 Å². The molecule has 2 fully saturated rings. The fourth-order valence-corrected chi connectivity index (χ4v) is 6.65. The largest absolute Gasteiger partial charge is 0.335 e. The standard InChI is InChI=1S/C23H32N4O2S/c1-16-19-21(24-18-10-6-3-7-11-27(18)22(19)28)30-20(16)23(29)26-14-12-25(13-15-26)17-8-4-2-5-9-17/h17H,2-15H2,1H3. The summed E-state index contributed by atoms with van der Waals surface area (Å²) in [5.74, 6) is 0.977. The highest BCUT2D eigenvalue weighted by molar-refractivity contribution is 7.20. The Labute approximate surface area is 181 Å². The van der Waals surface area contributed by atoms with Crippen molar-refractivity contribution in [2.75, 3.05) is 26.2 Å². The molecule has 5 rings (SSSR count). The lowest BCUT2D eigenvalue weighted by Crippen LogP contribution is -2.52. The highest BCUT2D eigenvalue weighted by Crippen LogP contribution is 2.30. The summed E-state index contributed by atoms with van der Waals surface area (Å²) >= 11 is 1.42. The van der Waals surface area contributed by atoms with Crippen molar-refractivity contribution in [3.05, 3.63) is 26.6 Å². The van der Waals surface area contributed by atoms with E-state index in [1.54, 1.807) is 0 Å². The molecular formula is C23H32N4O2S. The molecule has 30 heavy (non-hydrogen) atoms. The Morgan fingerprint density at radius 3 is 2.47 bits per heavy atom. The predicted molar refractivity (Wildman–Crippen MR) is 121 cm³/mol. The molecule has 0 radical (unpaired) electrons. The zero-order chi connectivity index (χ0) is 20.7. The van der Waals surface area contributed by atoms with E-state index in [1.165, 1.54) is 43.4 Å². The lowest BCUT2D eigenvalue weighted by Gasteiger charge is -2.40. The van der Waals surface area contributed by atoms with E-state index in [2.05, 4.69) is 4.90 Å². The number of carbonyl (C=O) groups is 1. The Balaban J connectivity index is 1.37. The first-order chi connectivity index (χ1) is 14.6. The van der Waals surface area contributed by atoms with Crippen LogP contribution in [-0.4, -0.2) is 57.5 Å². The fourth-order valence-electron chi connectivity index (χ4n) is 5.49. The number of aryl methyl sites for hydroxylation is 2. The highest BCUT2D eigenvalue weighted by Gasteiger charge is 2.30. The van der Waals surface area contributed by atoms with Crippen molar-refractivity contribution < 1.29 is 4.79 Å². The number of hydrogen-bond acceptors (Lipinski definition) is 5. The molecule has 1 saturated carbocycles. The number of carbonyl (C=O) groups excluding carboxylic acids is 1. The summed E-state index contributed by atoms with van der Waals surface area (Å²) in [6, 6.07) is 0.710. The molecule has 3 aliphatic rings. The van der Waals surface area contributed by atoms with Crippen molar-refractivity contribution in [1.29, 1.82) is 0 Å². The monoisotopic (exact) mass is 428 g/mol. The van der Waals surface area contributed by atoms with E-state index in [1.807, 2.05) is 16.4 Å². The van der Waals surface area contributed by atoms with Crippen molar-refractivity contribution >= 4 is 27.5 Å². The lowest BCUT2D eigenvalue weighted by atomic mass is 9.94. The minimum absolute atomic E-state index is 0.0480. The molecule has 1 amide bonds. The number of hydrogen-bond donors (Lipinski definition) is 0. The van der Waals surface area contributed by atoms with Gasteiger partial charge in [0.2, 0.25) is 0 Å². The Bertz CT molecular complexity index is 997. The molecular weight excluding hydrogens is 396 g/mol. The van der Waals surface area contributed by atoms with E-state index in [0.717, 1.165) is 74.6 Å². The first-order valence-electron chi connectivity index (χ1n) is 11.7. The van der Waals surface area contributed by atoms with Crippen molar-refractivity contribution in [2.45, 2.75) is 77.3 Å². The van der Waals surface area contributed by atoms with Crippen LogP contribution < -0.4 is 5.56 Å². The van der Waals surface area contributed by atoms with E-state index in [9.17, 15) is 9.59 Å². The number of aromatic nitrogens is 2. The van der Waals surface area contributed by atoms with Gasteiger partial charge in [-0.2, -0.15) is 0 Å². The molecule has 2 aromatic heterocycles. The average Bonchev–Trinajstić information content (AvgIpc) is 2.95. The highest BCUT2D eigenvalue weighted by atomic mass is 32.1. The van der Waals surface area contributed by atoms with Gasteiger partial charge < -0.3 is 4.90 Å². The van der Waals surface area contributed by atoms with Crippen molar-refractivity contribution in [2.24, 2.45) is 0 Å². The summed E-state index contributed by atoms with van der Waals surface area (Å²) in [6.07, 6.45) is 10.8. The molecule has 7 heteroatoms. The summed E-state index contributed by atoms with van der Waals surface area (Å²) in [5, 5.41) is 0.662. The molecule has 6 nitrogen and oxygen atoms in total. The molecule has 1 saturated heterocycles. The molecule has 2 aromatic rings. The summed E-state index contributed by atoms with van der Waals surface area (Å²) in [5.41, 5.74) is 0.874. The van der Waals surface area contributed by atoms with Crippen LogP contribution in [0.3, 0.4) is 0 Å². The van der Waals surface area contributed by atoms with Crippen LogP contribution in [0, 0.1) is 6.92 Å². The van der Waals surface area contributed by atoms with Crippen molar-refractivity contribution in [3.63, 3.8) is 0 Å².